The maximum atomic E-state index is 12.4. The quantitative estimate of drug-likeness (QED) is 0.209. The third kappa shape index (κ3) is 4.06. The molecular formula is C33H21BrN4O. The summed E-state index contributed by atoms with van der Waals surface area (Å²) in [7, 11) is 0. The number of aldehydes is 1. The minimum Gasteiger partial charge on any atom is -0.354 e. The van der Waals surface area contributed by atoms with Crippen LogP contribution < -0.4 is 0 Å². The van der Waals surface area contributed by atoms with Gasteiger partial charge in [-0.3, -0.25) is 4.79 Å². The summed E-state index contributed by atoms with van der Waals surface area (Å²) in [6.07, 6.45) is 8.78. The lowest BCUT2D eigenvalue weighted by atomic mass is 10.0. The highest BCUT2D eigenvalue weighted by Crippen LogP contribution is 2.34. The first-order chi connectivity index (χ1) is 19.2. The lowest BCUT2D eigenvalue weighted by molar-refractivity contribution is 0.112. The van der Waals surface area contributed by atoms with Crippen molar-refractivity contribution in [3.63, 3.8) is 0 Å². The van der Waals surface area contributed by atoms with Crippen LogP contribution in [0.2, 0.25) is 0 Å². The molecule has 39 heavy (non-hydrogen) atoms. The van der Waals surface area contributed by atoms with Crippen LogP contribution in [0.25, 0.3) is 68.6 Å². The number of H-pyrrole nitrogens is 2. The summed E-state index contributed by atoms with van der Waals surface area (Å²) in [4.78, 5) is 29.4. The summed E-state index contributed by atoms with van der Waals surface area (Å²) in [6.45, 7) is 0. The van der Waals surface area contributed by atoms with Gasteiger partial charge >= 0.3 is 0 Å². The Kier molecular flexibility index (Phi) is 5.68. The smallest absolute Gasteiger partial charge is 0.154 e. The number of nitrogens with one attached hydrogen (secondary N) is 2. The number of rotatable bonds is 3. The Morgan fingerprint density at radius 2 is 1.00 bits per heavy atom. The average Bonchev–Trinajstić information content (AvgIpc) is 3.79. The van der Waals surface area contributed by atoms with E-state index in [1.54, 1.807) is 0 Å². The number of carbonyl (C=O) groups is 1. The van der Waals surface area contributed by atoms with E-state index in [1.165, 1.54) is 0 Å². The third-order valence-electron chi connectivity index (χ3n) is 6.97. The molecule has 3 aromatic heterocycles. The highest BCUT2D eigenvalue weighted by atomic mass is 79.9. The average molecular weight is 569 g/mol. The van der Waals surface area contributed by atoms with Crippen molar-refractivity contribution in [3.8, 4) is 22.3 Å². The van der Waals surface area contributed by atoms with Crippen LogP contribution in [-0.2, 0) is 0 Å². The van der Waals surface area contributed by atoms with E-state index in [1.807, 2.05) is 78.9 Å². The predicted octanol–water partition coefficient (Wildman–Crippen LogP) is 8.56. The van der Waals surface area contributed by atoms with Crippen LogP contribution in [0, 0.1) is 0 Å². The number of nitrogens with zero attached hydrogens (tertiary/aromatic N) is 2. The van der Waals surface area contributed by atoms with E-state index in [2.05, 4.69) is 56.2 Å². The van der Waals surface area contributed by atoms with Crippen LogP contribution in [0.15, 0.2) is 89.4 Å². The normalized spacial score (nSPS) is 12.1. The van der Waals surface area contributed by atoms with Crippen molar-refractivity contribution in [2.45, 2.75) is 0 Å². The summed E-state index contributed by atoms with van der Waals surface area (Å²) in [5.74, 6) is 0. The molecule has 5 aromatic rings. The summed E-state index contributed by atoms with van der Waals surface area (Å²) < 4.78 is 0.867. The van der Waals surface area contributed by atoms with E-state index in [0.29, 0.717) is 16.8 Å². The van der Waals surface area contributed by atoms with Crippen LogP contribution in [0.5, 0.6) is 0 Å². The van der Waals surface area contributed by atoms with E-state index >= 15 is 0 Å². The molecule has 0 spiro atoms. The minimum atomic E-state index is 0.499. The largest absolute Gasteiger partial charge is 0.354 e. The van der Waals surface area contributed by atoms with Crippen LogP contribution >= 0.6 is 15.9 Å². The van der Waals surface area contributed by atoms with E-state index < -0.39 is 0 Å². The van der Waals surface area contributed by atoms with E-state index in [0.717, 1.165) is 66.6 Å². The molecule has 0 atom stereocenters. The molecule has 0 saturated carbocycles. The number of aromatic amines is 2. The van der Waals surface area contributed by atoms with Crippen molar-refractivity contribution in [2.24, 2.45) is 0 Å². The first-order valence-corrected chi connectivity index (χ1v) is 13.4. The first-order valence-electron chi connectivity index (χ1n) is 12.6. The van der Waals surface area contributed by atoms with Crippen LogP contribution in [-0.4, -0.2) is 26.2 Å². The molecular weight excluding hydrogens is 548 g/mol. The zero-order valence-electron chi connectivity index (χ0n) is 20.7. The van der Waals surface area contributed by atoms with Gasteiger partial charge in [0.25, 0.3) is 0 Å². The fourth-order valence-electron chi connectivity index (χ4n) is 5.13. The standard InChI is InChI=1S/C33H21BrN4O/c34-33-29-17-15-27(37-29)31(20-7-3-1-4-8-20)25-13-11-23(35-25)22(19-39)24-12-14-26(36-24)32(21-9-5-2-6-10-21)28-16-18-30(33)38-28/h1-19,35,38H. The second kappa shape index (κ2) is 9.49. The second-order valence-electron chi connectivity index (χ2n) is 9.33. The molecule has 0 aliphatic carbocycles. The Hall–Kier alpha value is -4.81. The SMILES string of the molecule is O=Cc1c2nc(c(-c3ccccc3)c3ccc([nH]3)c(Br)c3nc(c(-c4ccccc4)c4ccc1[nH]4)C=C3)C=C2. The van der Waals surface area contributed by atoms with Crippen molar-refractivity contribution in [3.05, 3.63) is 118 Å². The minimum absolute atomic E-state index is 0.499. The van der Waals surface area contributed by atoms with Crippen molar-refractivity contribution in [1.29, 1.82) is 0 Å². The van der Waals surface area contributed by atoms with Gasteiger partial charge in [-0.2, -0.15) is 0 Å². The van der Waals surface area contributed by atoms with E-state index in [-0.39, 0.29) is 0 Å². The van der Waals surface area contributed by atoms with E-state index in [4.69, 9.17) is 9.97 Å². The van der Waals surface area contributed by atoms with Crippen LogP contribution in [0.1, 0.15) is 33.1 Å². The zero-order valence-corrected chi connectivity index (χ0v) is 22.2. The molecule has 5 nitrogen and oxygen atoms in total. The molecule has 5 heterocycles. The summed E-state index contributed by atoms with van der Waals surface area (Å²) in [5, 5.41) is 0. The molecule has 186 valence electrons. The van der Waals surface area contributed by atoms with Gasteiger partial charge in [0.1, 0.15) is 0 Å². The van der Waals surface area contributed by atoms with Gasteiger partial charge in [-0.25, -0.2) is 9.97 Å². The Bertz CT molecular complexity index is 1950. The third-order valence-corrected chi connectivity index (χ3v) is 7.81. The van der Waals surface area contributed by atoms with Crippen molar-refractivity contribution in [2.75, 3.05) is 0 Å². The molecule has 0 fully saturated rings. The number of benzene rings is 2. The second-order valence-corrected chi connectivity index (χ2v) is 10.1. The lowest BCUT2D eigenvalue weighted by Gasteiger charge is -2.04. The van der Waals surface area contributed by atoms with Gasteiger partial charge < -0.3 is 9.97 Å². The molecule has 7 rings (SSSR count). The number of hydrogen-bond donors (Lipinski definition) is 2. The van der Waals surface area contributed by atoms with Gasteiger partial charge in [-0.15, -0.1) is 0 Å². The van der Waals surface area contributed by atoms with Gasteiger partial charge in [0, 0.05) is 22.2 Å². The molecule has 8 bridgehead atoms. The lowest BCUT2D eigenvalue weighted by Crippen LogP contribution is -1.89. The Morgan fingerprint density at radius 3 is 1.59 bits per heavy atom. The summed E-state index contributed by atoms with van der Waals surface area (Å²) >= 11 is 3.81. The highest BCUT2D eigenvalue weighted by molar-refractivity contribution is 9.10. The predicted molar refractivity (Wildman–Crippen MR) is 163 cm³/mol. The van der Waals surface area contributed by atoms with Crippen molar-refractivity contribution in [1.82, 2.24) is 19.9 Å². The fraction of sp³-hybridized carbons (Fsp3) is 0. The number of aromatic nitrogens is 4. The van der Waals surface area contributed by atoms with E-state index in [9.17, 15) is 4.79 Å². The van der Waals surface area contributed by atoms with Crippen molar-refractivity contribution >= 4 is 68.6 Å². The van der Waals surface area contributed by atoms with Gasteiger partial charge in [0.2, 0.25) is 0 Å². The molecule has 2 N–H and O–H groups in total. The molecule has 2 aliphatic heterocycles. The number of halogens is 1. The maximum Gasteiger partial charge on any atom is 0.154 e. The Balaban J connectivity index is 1.66. The van der Waals surface area contributed by atoms with Crippen LogP contribution in [0.3, 0.4) is 0 Å². The topological polar surface area (TPSA) is 74.4 Å². The van der Waals surface area contributed by atoms with Gasteiger partial charge in [-0.1, -0.05) is 60.7 Å². The summed E-state index contributed by atoms with van der Waals surface area (Å²) in [5.41, 5.74) is 10.9. The molecule has 0 unspecified atom stereocenters. The zero-order chi connectivity index (χ0) is 26.3. The molecule has 2 aromatic carbocycles. The Morgan fingerprint density at radius 1 is 0.538 bits per heavy atom. The summed E-state index contributed by atoms with van der Waals surface area (Å²) in [6, 6.07) is 28.3. The fourth-order valence-corrected chi connectivity index (χ4v) is 5.59. The highest BCUT2D eigenvalue weighted by Gasteiger charge is 2.16. The first kappa shape index (κ1) is 23.3. The van der Waals surface area contributed by atoms with Crippen LogP contribution in [0.4, 0.5) is 0 Å². The molecule has 6 heteroatoms. The molecule has 0 saturated heterocycles. The Labute approximate surface area is 232 Å². The number of hydrogen-bond acceptors (Lipinski definition) is 3. The molecule has 2 aliphatic rings. The maximum absolute atomic E-state index is 12.4. The van der Waals surface area contributed by atoms with Gasteiger partial charge in [0.05, 0.1) is 43.8 Å². The molecule has 0 radical (unpaired) electrons. The van der Waals surface area contributed by atoms with Gasteiger partial charge in [0.15, 0.2) is 6.29 Å². The van der Waals surface area contributed by atoms with Crippen molar-refractivity contribution < 1.29 is 4.79 Å². The number of fused-ring (bicyclic) bond motifs is 8. The monoisotopic (exact) mass is 568 g/mol. The number of carbonyl (C=O) groups excluding carboxylic acids is 1. The molecule has 0 amide bonds. The van der Waals surface area contributed by atoms with Gasteiger partial charge in [-0.05, 0) is 75.6 Å².